The van der Waals surface area contributed by atoms with E-state index in [0.29, 0.717) is 37.6 Å². The molecule has 3 fully saturated rings. The molecule has 3 aromatic rings. The molecule has 8 nitrogen and oxygen atoms in total. The summed E-state index contributed by atoms with van der Waals surface area (Å²) >= 11 is 0. The summed E-state index contributed by atoms with van der Waals surface area (Å²) in [4.78, 5) is 35.4. The van der Waals surface area contributed by atoms with Gasteiger partial charge < -0.3 is 19.3 Å². The predicted octanol–water partition coefficient (Wildman–Crippen LogP) is 5.56. The first-order chi connectivity index (χ1) is 19.6. The Kier molecular flexibility index (Phi) is 7.41. The van der Waals surface area contributed by atoms with Gasteiger partial charge in [0.05, 0.1) is 18.5 Å². The monoisotopic (exact) mass is 580 g/mol. The number of ether oxygens (including phenoxy) is 2. The van der Waals surface area contributed by atoms with E-state index in [1.165, 1.54) is 29.8 Å². The second kappa shape index (κ2) is 10.9. The molecule has 2 N–H and O–H groups in total. The van der Waals surface area contributed by atoms with Crippen LogP contribution in [0.3, 0.4) is 0 Å². The molecule has 0 bridgehead atoms. The topological polar surface area (TPSA) is 99.5 Å². The van der Waals surface area contributed by atoms with E-state index in [1.807, 2.05) is 19.1 Å². The SMILES string of the molecule is CCOc1cc(-c2ccc(F)cc2)c(C2CC2)cc1CN1CCC2(CC1)CN(c1ccc(P(=O)(O)O)cc1)C(=O)O2. The Morgan fingerprint density at radius 2 is 1.73 bits per heavy atom. The maximum absolute atomic E-state index is 13.6. The zero-order valence-corrected chi connectivity index (χ0v) is 23.9. The van der Waals surface area contributed by atoms with E-state index in [2.05, 4.69) is 17.0 Å². The summed E-state index contributed by atoms with van der Waals surface area (Å²) in [7, 11) is -4.35. The predicted molar refractivity (Wildman–Crippen MR) is 154 cm³/mol. The van der Waals surface area contributed by atoms with Gasteiger partial charge in [0.2, 0.25) is 0 Å². The first-order valence-electron chi connectivity index (χ1n) is 14.1. The zero-order valence-electron chi connectivity index (χ0n) is 23.0. The van der Waals surface area contributed by atoms with Gasteiger partial charge >= 0.3 is 13.7 Å². The Morgan fingerprint density at radius 1 is 1.05 bits per heavy atom. The van der Waals surface area contributed by atoms with Gasteiger partial charge in [-0.1, -0.05) is 12.1 Å². The summed E-state index contributed by atoms with van der Waals surface area (Å²) in [5, 5.41) is -0.0844. The minimum atomic E-state index is -4.35. The van der Waals surface area contributed by atoms with Crippen molar-refractivity contribution in [2.45, 2.75) is 50.7 Å². The number of piperidine rings is 1. The van der Waals surface area contributed by atoms with Crippen molar-refractivity contribution in [3.8, 4) is 16.9 Å². The number of hydrogen-bond acceptors (Lipinski definition) is 5. The van der Waals surface area contributed by atoms with Crippen molar-refractivity contribution in [2.75, 3.05) is 31.1 Å². The average molecular weight is 581 g/mol. The van der Waals surface area contributed by atoms with E-state index in [1.54, 1.807) is 17.0 Å². The third kappa shape index (κ3) is 5.90. The van der Waals surface area contributed by atoms with Gasteiger partial charge in [0.25, 0.3) is 0 Å². The van der Waals surface area contributed by atoms with Crippen molar-refractivity contribution in [3.63, 3.8) is 0 Å². The van der Waals surface area contributed by atoms with Crippen LogP contribution in [-0.4, -0.2) is 52.6 Å². The fourth-order valence-corrected chi connectivity index (χ4v) is 6.47. The van der Waals surface area contributed by atoms with Crippen molar-refractivity contribution in [1.82, 2.24) is 4.90 Å². The summed E-state index contributed by atoms with van der Waals surface area (Å²) in [6, 6.07) is 16.8. The molecule has 0 aromatic heterocycles. The number of rotatable bonds is 8. The third-order valence-electron chi connectivity index (χ3n) is 8.33. The van der Waals surface area contributed by atoms with Crippen LogP contribution in [0.2, 0.25) is 0 Å². The van der Waals surface area contributed by atoms with Crippen molar-refractivity contribution in [1.29, 1.82) is 0 Å². The molecular weight excluding hydrogens is 546 g/mol. The molecule has 0 unspecified atom stereocenters. The molecule has 1 spiro atoms. The molecule has 2 aliphatic heterocycles. The Hall–Kier alpha value is -3.23. The maximum atomic E-state index is 13.6. The number of anilines is 1. The second-order valence-corrected chi connectivity index (χ2v) is 12.8. The van der Waals surface area contributed by atoms with Gasteiger partial charge in [-0.05, 0) is 90.9 Å². The van der Waals surface area contributed by atoms with Crippen LogP contribution in [0, 0.1) is 5.82 Å². The van der Waals surface area contributed by atoms with E-state index >= 15 is 0 Å². The van der Waals surface area contributed by atoms with E-state index in [0.717, 1.165) is 54.9 Å². The standard InChI is InChI=1S/C31H34FN2O6P/c1-2-39-29-18-28(22-5-7-24(32)8-6-22)27(21-3-4-21)17-23(29)19-33-15-13-31(14-16-33)20-34(30(35)40-31)25-9-11-26(12-10-25)41(36,37)38/h5-12,17-18,21H,2-4,13-16,19-20H2,1H3,(H2,36,37,38). The molecule has 3 aliphatic rings. The molecule has 1 amide bonds. The van der Waals surface area contributed by atoms with Crippen LogP contribution in [0.4, 0.5) is 14.9 Å². The largest absolute Gasteiger partial charge is 0.494 e. The lowest BCUT2D eigenvalue weighted by Gasteiger charge is -2.37. The lowest BCUT2D eigenvalue weighted by molar-refractivity contribution is -0.00111. The number of carbonyl (C=O) groups excluding carboxylic acids is 1. The summed E-state index contributed by atoms with van der Waals surface area (Å²) in [5.41, 5.74) is 4.47. The number of halogens is 1. The molecule has 0 atom stereocenters. The van der Waals surface area contributed by atoms with Crippen LogP contribution in [0.15, 0.2) is 60.7 Å². The van der Waals surface area contributed by atoms with Crippen molar-refractivity contribution < 1.29 is 33.0 Å². The Labute approximate surface area is 238 Å². The third-order valence-corrected chi connectivity index (χ3v) is 9.31. The van der Waals surface area contributed by atoms with Gasteiger partial charge in [0.1, 0.15) is 17.2 Å². The Morgan fingerprint density at radius 3 is 2.34 bits per heavy atom. The lowest BCUT2D eigenvalue weighted by atomic mass is 9.90. The van der Waals surface area contributed by atoms with Crippen LogP contribution < -0.4 is 14.9 Å². The highest BCUT2D eigenvalue weighted by atomic mass is 31.2. The van der Waals surface area contributed by atoms with E-state index in [4.69, 9.17) is 9.47 Å². The van der Waals surface area contributed by atoms with E-state index in [9.17, 15) is 23.5 Å². The van der Waals surface area contributed by atoms with Gasteiger partial charge in [-0.15, -0.1) is 0 Å². The Bertz CT molecular complexity index is 1480. The van der Waals surface area contributed by atoms with Gasteiger partial charge in [0, 0.05) is 43.7 Å². The molecule has 216 valence electrons. The summed E-state index contributed by atoms with van der Waals surface area (Å²) in [6.07, 6.45) is 3.23. The maximum Gasteiger partial charge on any atom is 0.415 e. The van der Waals surface area contributed by atoms with Crippen molar-refractivity contribution in [2.24, 2.45) is 0 Å². The molecule has 2 heterocycles. The molecule has 41 heavy (non-hydrogen) atoms. The van der Waals surface area contributed by atoms with Crippen LogP contribution in [0.1, 0.15) is 49.7 Å². The smallest absolute Gasteiger partial charge is 0.415 e. The van der Waals surface area contributed by atoms with E-state index < -0.39 is 19.3 Å². The minimum absolute atomic E-state index is 0.0844. The molecule has 1 aliphatic carbocycles. The number of nitrogens with zero attached hydrogens (tertiary/aromatic N) is 2. The number of likely N-dealkylation sites (tertiary alicyclic amines) is 1. The number of benzene rings is 3. The first kappa shape index (κ1) is 27.9. The average Bonchev–Trinajstić information content (AvgIpc) is 3.74. The number of amides is 1. The van der Waals surface area contributed by atoms with Crippen molar-refractivity contribution >= 4 is 24.7 Å². The molecule has 2 saturated heterocycles. The summed E-state index contributed by atoms with van der Waals surface area (Å²) in [6.45, 7) is 5.14. The van der Waals surface area contributed by atoms with Crippen LogP contribution in [0.5, 0.6) is 5.75 Å². The van der Waals surface area contributed by atoms with Crippen LogP contribution >= 0.6 is 7.60 Å². The summed E-state index contributed by atoms with van der Waals surface area (Å²) in [5.74, 6) is 1.10. The lowest BCUT2D eigenvalue weighted by Crippen LogP contribution is -2.46. The summed E-state index contributed by atoms with van der Waals surface area (Å²) < 4.78 is 37.1. The second-order valence-electron chi connectivity index (χ2n) is 11.2. The Balaban J connectivity index is 1.16. The number of hydrogen-bond donors (Lipinski definition) is 2. The number of carbonyl (C=O) groups is 1. The molecule has 10 heteroatoms. The van der Waals surface area contributed by atoms with Crippen LogP contribution in [-0.2, 0) is 15.8 Å². The fourth-order valence-electron chi connectivity index (χ4n) is 5.94. The highest BCUT2D eigenvalue weighted by Crippen LogP contribution is 2.47. The van der Waals surface area contributed by atoms with E-state index in [-0.39, 0.29) is 11.1 Å². The normalized spacial score (nSPS) is 19.0. The van der Waals surface area contributed by atoms with Gasteiger partial charge in [-0.3, -0.25) is 14.4 Å². The zero-order chi connectivity index (χ0) is 28.8. The molecule has 3 aromatic carbocycles. The molecule has 6 rings (SSSR count). The minimum Gasteiger partial charge on any atom is -0.494 e. The van der Waals surface area contributed by atoms with Gasteiger partial charge in [-0.2, -0.15) is 0 Å². The van der Waals surface area contributed by atoms with Crippen LogP contribution in [0.25, 0.3) is 11.1 Å². The fraction of sp³-hybridized carbons (Fsp3) is 0.387. The molecule has 1 saturated carbocycles. The highest BCUT2D eigenvalue weighted by molar-refractivity contribution is 7.60. The highest BCUT2D eigenvalue weighted by Gasteiger charge is 2.47. The van der Waals surface area contributed by atoms with Gasteiger partial charge in [0.15, 0.2) is 0 Å². The quantitative estimate of drug-likeness (QED) is 0.337. The first-order valence-corrected chi connectivity index (χ1v) is 15.7. The molecular formula is C31H34FN2O6P. The van der Waals surface area contributed by atoms with Crippen molar-refractivity contribution in [3.05, 3.63) is 77.6 Å². The molecule has 0 radical (unpaired) electrons. The van der Waals surface area contributed by atoms with Gasteiger partial charge in [-0.25, -0.2) is 9.18 Å².